The Morgan fingerprint density at radius 3 is 1.75 bits per heavy atom. The summed E-state index contributed by atoms with van der Waals surface area (Å²) in [5.41, 5.74) is -2.81. The first-order valence-electron chi connectivity index (χ1n) is 6.95. The minimum Gasteiger partial charge on any atom is -0.465 e. The number of alkyl halides is 6. The number of carboxylic acid groups (broad SMARTS) is 1. The molecule has 1 aromatic rings. The fraction of sp³-hybridized carbons (Fsp3) is 0.500. The van der Waals surface area contributed by atoms with E-state index in [4.69, 9.17) is 5.11 Å². The molecule has 0 aromatic heterocycles. The van der Waals surface area contributed by atoms with Crippen LogP contribution in [0.1, 0.15) is 16.7 Å². The lowest BCUT2D eigenvalue weighted by Gasteiger charge is -2.33. The van der Waals surface area contributed by atoms with Gasteiger partial charge in [0.1, 0.15) is 0 Å². The molecule has 10 heteroatoms. The maximum Gasteiger partial charge on any atom is 0.416 e. The van der Waals surface area contributed by atoms with Gasteiger partial charge in [0.15, 0.2) is 0 Å². The SMILES string of the molecule is O=C(O)N1CCN(Cc2cc(C(F)(F)F)cc(C(F)(F)F)c2)CC1. The molecule has 0 radical (unpaired) electrons. The summed E-state index contributed by atoms with van der Waals surface area (Å²) in [7, 11) is 0. The Bertz CT molecular complexity index is 574. The first kappa shape index (κ1) is 18.4. The van der Waals surface area contributed by atoms with Gasteiger partial charge in [0, 0.05) is 32.7 Å². The molecule has 1 N–H and O–H groups in total. The van der Waals surface area contributed by atoms with Crippen LogP contribution in [-0.2, 0) is 18.9 Å². The Balaban J connectivity index is 2.19. The third-order valence-corrected chi connectivity index (χ3v) is 3.70. The van der Waals surface area contributed by atoms with Gasteiger partial charge in [0.25, 0.3) is 0 Å². The molecule has 1 aromatic carbocycles. The minimum absolute atomic E-state index is 0.0892. The van der Waals surface area contributed by atoms with Crippen molar-refractivity contribution in [3.05, 3.63) is 34.9 Å². The molecule has 1 amide bonds. The molecule has 1 heterocycles. The zero-order valence-electron chi connectivity index (χ0n) is 12.3. The second-order valence-corrected chi connectivity index (χ2v) is 5.46. The predicted octanol–water partition coefficient (Wildman–Crippen LogP) is 3.52. The number of benzene rings is 1. The standard InChI is InChI=1S/C14H14F6N2O2/c15-13(16,17)10-5-9(6-11(7-10)14(18,19)20)8-21-1-3-22(4-2-21)12(23)24/h5-7H,1-4,8H2,(H,23,24). The molecule has 0 bridgehead atoms. The molecule has 0 saturated carbocycles. The molecular weight excluding hydrogens is 342 g/mol. The van der Waals surface area contributed by atoms with Crippen molar-refractivity contribution in [3.8, 4) is 0 Å². The second-order valence-electron chi connectivity index (χ2n) is 5.46. The lowest BCUT2D eigenvalue weighted by atomic mass is 10.0. The highest BCUT2D eigenvalue weighted by atomic mass is 19.4. The molecule has 1 fully saturated rings. The van der Waals surface area contributed by atoms with Gasteiger partial charge < -0.3 is 10.0 Å². The lowest BCUT2D eigenvalue weighted by molar-refractivity contribution is -0.143. The highest BCUT2D eigenvalue weighted by molar-refractivity contribution is 5.65. The van der Waals surface area contributed by atoms with E-state index in [0.29, 0.717) is 12.1 Å². The molecule has 0 spiro atoms. The summed E-state index contributed by atoms with van der Waals surface area (Å²) in [6.07, 6.45) is -10.9. The smallest absolute Gasteiger partial charge is 0.416 e. The van der Waals surface area contributed by atoms with E-state index in [1.807, 2.05) is 0 Å². The van der Waals surface area contributed by atoms with Gasteiger partial charge in [-0.3, -0.25) is 4.90 Å². The molecule has 0 atom stereocenters. The molecule has 0 aliphatic carbocycles. The molecule has 0 unspecified atom stereocenters. The van der Waals surface area contributed by atoms with Gasteiger partial charge in [-0.25, -0.2) is 4.79 Å². The van der Waals surface area contributed by atoms with E-state index in [0.717, 1.165) is 4.90 Å². The summed E-state index contributed by atoms with van der Waals surface area (Å²) in [5.74, 6) is 0. The van der Waals surface area contributed by atoms with Crippen molar-refractivity contribution in [2.75, 3.05) is 26.2 Å². The molecule has 1 aliphatic heterocycles. The van der Waals surface area contributed by atoms with Crippen molar-refractivity contribution < 1.29 is 36.2 Å². The van der Waals surface area contributed by atoms with Crippen LogP contribution in [0.2, 0.25) is 0 Å². The van der Waals surface area contributed by atoms with E-state index < -0.39 is 29.6 Å². The Morgan fingerprint density at radius 2 is 1.38 bits per heavy atom. The summed E-state index contributed by atoms with van der Waals surface area (Å²) >= 11 is 0. The average molecular weight is 356 g/mol. The van der Waals surface area contributed by atoms with E-state index in [-0.39, 0.29) is 44.4 Å². The summed E-state index contributed by atoms with van der Waals surface area (Å²) in [6, 6.07) is 1.48. The molecule has 4 nitrogen and oxygen atoms in total. The second kappa shape index (κ2) is 6.50. The number of piperazine rings is 1. The molecule has 1 aliphatic rings. The third kappa shape index (κ3) is 4.53. The monoisotopic (exact) mass is 356 g/mol. The van der Waals surface area contributed by atoms with Gasteiger partial charge in [-0.15, -0.1) is 0 Å². The minimum atomic E-state index is -4.88. The van der Waals surface area contributed by atoms with E-state index in [1.54, 1.807) is 4.90 Å². The average Bonchev–Trinajstić information content (AvgIpc) is 2.45. The summed E-state index contributed by atoms with van der Waals surface area (Å²) in [5, 5.41) is 8.82. The van der Waals surface area contributed by atoms with E-state index in [1.165, 1.54) is 0 Å². The number of hydrogen-bond acceptors (Lipinski definition) is 2. The first-order chi connectivity index (χ1) is 11.0. The fourth-order valence-corrected chi connectivity index (χ4v) is 2.47. The van der Waals surface area contributed by atoms with Crippen LogP contribution < -0.4 is 0 Å². The van der Waals surface area contributed by atoms with E-state index >= 15 is 0 Å². The number of rotatable bonds is 2. The van der Waals surface area contributed by atoms with Crippen LogP contribution in [0.4, 0.5) is 31.1 Å². The Kier molecular flexibility index (Phi) is 4.97. The van der Waals surface area contributed by atoms with Crippen molar-refractivity contribution in [2.24, 2.45) is 0 Å². The third-order valence-electron chi connectivity index (χ3n) is 3.70. The van der Waals surface area contributed by atoms with Crippen molar-refractivity contribution in [1.29, 1.82) is 0 Å². The van der Waals surface area contributed by atoms with Crippen LogP contribution in [0.15, 0.2) is 18.2 Å². The highest BCUT2D eigenvalue weighted by Crippen LogP contribution is 2.36. The van der Waals surface area contributed by atoms with Crippen molar-refractivity contribution in [2.45, 2.75) is 18.9 Å². The topological polar surface area (TPSA) is 43.8 Å². The Hall–Kier alpha value is -1.97. The van der Waals surface area contributed by atoms with Gasteiger partial charge in [0.05, 0.1) is 11.1 Å². The number of halogens is 6. The highest BCUT2D eigenvalue weighted by Gasteiger charge is 2.37. The Labute approximate surface area is 133 Å². The summed E-state index contributed by atoms with van der Waals surface area (Å²) < 4.78 is 76.8. The van der Waals surface area contributed by atoms with Crippen LogP contribution in [0.5, 0.6) is 0 Å². The van der Waals surface area contributed by atoms with Crippen LogP contribution in [-0.4, -0.2) is 47.2 Å². The van der Waals surface area contributed by atoms with Crippen molar-refractivity contribution in [1.82, 2.24) is 9.80 Å². The van der Waals surface area contributed by atoms with Crippen LogP contribution >= 0.6 is 0 Å². The van der Waals surface area contributed by atoms with Gasteiger partial charge >= 0.3 is 18.4 Å². The van der Waals surface area contributed by atoms with Crippen LogP contribution in [0, 0.1) is 0 Å². The maximum atomic E-state index is 12.8. The number of carbonyl (C=O) groups is 1. The molecule has 134 valence electrons. The van der Waals surface area contributed by atoms with Gasteiger partial charge in [-0.05, 0) is 23.8 Å². The molecule has 24 heavy (non-hydrogen) atoms. The van der Waals surface area contributed by atoms with E-state index in [2.05, 4.69) is 0 Å². The van der Waals surface area contributed by atoms with E-state index in [9.17, 15) is 31.1 Å². The summed E-state index contributed by atoms with van der Waals surface area (Å²) in [4.78, 5) is 13.5. The number of nitrogens with zero attached hydrogens (tertiary/aromatic N) is 2. The fourth-order valence-electron chi connectivity index (χ4n) is 2.47. The quantitative estimate of drug-likeness (QED) is 0.825. The zero-order chi connectivity index (χ0) is 18.1. The lowest BCUT2D eigenvalue weighted by Crippen LogP contribution is -2.47. The van der Waals surface area contributed by atoms with Crippen molar-refractivity contribution in [3.63, 3.8) is 0 Å². The first-order valence-corrected chi connectivity index (χ1v) is 6.95. The normalized spacial score (nSPS) is 17.2. The molecule has 1 saturated heterocycles. The number of hydrogen-bond donors (Lipinski definition) is 1. The maximum absolute atomic E-state index is 12.8. The number of amides is 1. The predicted molar refractivity (Wildman–Crippen MR) is 71.3 cm³/mol. The van der Waals surface area contributed by atoms with Crippen LogP contribution in [0.25, 0.3) is 0 Å². The largest absolute Gasteiger partial charge is 0.465 e. The summed E-state index contributed by atoms with van der Waals surface area (Å²) in [6.45, 7) is 0.676. The van der Waals surface area contributed by atoms with Gasteiger partial charge in [0.2, 0.25) is 0 Å². The zero-order valence-corrected chi connectivity index (χ0v) is 12.3. The Morgan fingerprint density at radius 1 is 0.917 bits per heavy atom. The van der Waals surface area contributed by atoms with Gasteiger partial charge in [-0.1, -0.05) is 0 Å². The van der Waals surface area contributed by atoms with Gasteiger partial charge in [-0.2, -0.15) is 26.3 Å². The van der Waals surface area contributed by atoms with Crippen molar-refractivity contribution >= 4 is 6.09 Å². The van der Waals surface area contributed by atoms with Crippen LogP contribution in [0.3, 0.4) is 0 Å². The molecule has 2 rings (SSSR count). The molecular formula is C14H14F6N2O2.